The maximum atomic E-state index is 10.2. The molecule has 1 aromatic carbocycles. The second kappa shape index (κ2) is 6.26. The van der Waals surface area contributed by atoms with E-state index < -0.39 is 6.10 Å². The van der Waals surface area contributed by atoms with Gasteiger partial charge >= 0.3 is 0 Å². The lowest BCUT2D eigenvalue weighted by Gasteiger charge is -2.12. The molecule has 1 unspecified atom stereocenters. The van der Waals surface area contributed by atoms with Gasteiger partial charge < -0.3 is 19.9 Å². The van der Waals surface area contributed by atoms with Crippen LogP contribution in [0.25, 0.3) is 0 Å². The first kappa shape index (κ1) is 13.4. The molecule has 2 heterocycles. The highest BCUT2D eigenvalue weighted by atomic mass is 32.1. The molecule has 0 spiro atoms. The number of aliphatic hydroxyl groups excluding tert-OH is 1. The van der Waals surface area contributed by atoms with Crippen molar-refractivity contribution in [3.05, 3.63) is 46.2 Å². The molecular weight excluding hydrogens is 274 g/mol. The third kappa shape index (κ3) is 3.12. The molecule has 5 heteroatoms. The summed E-state index contributed by atoms with van der Waals surface area (Å²) in [6, 6.07) is 9.74. The van der Waals surface area contributed by atoms with Crippen LogP contribution in [-0.2, 0) is 6.42 Å². The Morgan fingerprint density at radius 1 is 1.25 bits per heavy atom. The fourth-order valence-electron chi connectivity index (χ4n) is 2.14. The molecule has 0 amide bonds. The van der Waals surface area contributed by atoms with Gasteiger partial charge in [-0.3, -0.25) is 0 Å². The highest BCUT2D eigenvalue weighted by Crippen LogP contribution is 2.34. The van der Waals surface area contributed by atoms with Crippen LogP contribution in [0.1, 0.15) is 16.5 Å². The van der Waals surface area contributed by atoms with E-state index in [1.54, 1.807) is 11.3 Å². The standard InChI is InChI=1S/C15H17NO3S/c17-13(9-16-6-5-12-2-1-7-20-12)11-3-4-14-15(8-11)19-10-18-14/h1-4,7-8,13,16-17H,5-6,9-10H2. The summed E-state index contributed by atoms with van der Waals surface area (Å²) in [5.41, 5.74) is 0.845. The van der Waals surface area contributed by atoms with Crippen molar-refractivity contribution < 1.29 is 14.6 Å². The quantitative estimate of drug-likeness (QED) is 0.802. The minimum atomic E-state index is -0.534. The molecule has 0 saturated carbocycles. The third-order valence-electron chi connectivity index (χ3n) is 3.25. The van der Waals surface area contributed by atoms with Crippen LogP contribution in [0, 0.1) is 0 Å². The Labute approximate surface area is 122 Å². The van der Waals surface area contributed by atoms with E-state index in [0.717, 1.165) is 24.3 Å². The van der Waals surface area contributed by atoms with Crippen LogP contribution in [0.4, 0.5) is 0 Å². The first-order valence-corrected chi connectivity index (χ1v) is 7.51. The molecular formula is C15H17NO3S. The molecule has 0 radical (unpaired) electrons. The first-order chi connectivity index (χ1) is 9.83. The summed E-state index contributed by atoms with van der Waals surface area (Å²) in [7, 11) is 0. The van der Waals surface area contributed by atoms with Gasteiger partial charge in [-0.05, 0) is 35.6 Å². The number of thiophene rings is 1. The molecule has 4 nitrogen and oxygen atoms in total. The van der Waals surface area contributed by atoms with Crippen molar-refractivity contribution in [3.63, 3.8) is 0 Å². The smallest absolute Gasteiger partial charge is 0.231 e. The van der Waals surface area contributed by atoms with Crippen LogP contribution in [0.2, 0.25) is 0 Å². The number of fused-ring (bicyclic) bond motifs is 1. The van der Waals surface area contributed by atoms with E-state index in [2.05, 4.69) is 22.8 Å². The summed E-state index contributed by atoms with van der Waals surface area (Å²) in [6.45, 7) is 1.65. The second-order valence-electron chi connectivity index (χ2n) is 4.66. The zero-order chi connectivity index (χ0) is 13.8. The number of nitrogens with one attached hydrogen (secondary N) is 1. The predicted molar refractivity (Wildman–Crippen MR) is 78.4 cm³/mol. The van der Waals surface area contributed by atoms with Crippen LogP contribution in [0.15, 0.2) is 35.7 Å². The van der Waals surface area contributed by atoms with Gasteiger partial charge in [0.1, 0.15) is 0 Å². The van der Waals surface area contributed by atoms with Crippen molar-refractivity contribution in [3.8, 4) is 11.5 Å². The molecule has 0 aliphatic carbocycles. The van der Waals surface area contributed by atoms with Crippen molar-refractivity contribution in [1.82, 2.24) is 5.32 Å². The number of benzene rings is 1. The molecule has 1 atom stereocenters. The summed E-state index contributed by atoms with van der Waals surface area (Å²) in [4.78, 5) is 1.36. The minimum absolute atomic E-state index is 0.258. The number of hydrogen-bond donors (Lipinski definition) is 2. The fraction of sp³-hybridized carbons (Fsp3) is 0.333. The summed E-state index contributed by atoms with van der Waals surface area (Å²) < 4.78 is 10.6. The van der Waals surface area contributed by atoms with Gasteiger partial charge in [0.2, 0.25) is 6.79 Å². The molecule has 3 rings (SSSR count). The van der Waals surface area contributed by atoms with Gasteiger partial charge in [0.25, 0.3) is 0 Å². The minimum Gasteiger partial charge on any atom is -0.454 e. The number of aliphatic hydroxyl groups is 1. The van der Waals surface area contributed by atoms with Crippen LogP contribution in [-0.4, -0.2) is 25.0 Å². The van der Waals surface area contributed by atoms with E-state index in [-0.39, 0.29) is 6.79 Å². The van der Waals surface area contributed by atoms with Gasteiger partial charge in [0.05, 0.1) is 6.10 Å². The molecule has 106 valence electrons. The van der Waals surface area contributed by atoms with Crippen molar-refractivity contribution in [2.75, 3.05) is 19.9 Å². The topological polar surface area (TPSA) is 50.7 Å². The van der Waals surface area contributed by atoms with Gasteiger partial charge in [-0.15, -0.1) is 11.3 Å². The molecule has 2 N–H and O–H groups in total. The Morgan fingerprint density at radius 3 is 3.00 bits per heavy atom. The first-order valence-electron chi connectivity index (χ1n) is 6.63. The number of rotatable bonds is 6. The van der Waals surface area contributed by atoms with Crippen molar-refractivity contribution in [2.45, 2.75) is 12.5 Å². The van der Waals surface area contributed by atoms with E-state index in [1.807, 2.05) is 18.2 Å². The Bertz CT molecular complexity index is 556. The molecule has 0 fully saturated rings. The Kier molecular flexibility index (Phi) is 4.20. The molecule has 1 aliphatic rings. The van der Waals surface area contributed by atoms with E-state index in [1.165, 1.54) is 4.88 Å². The fourth-order valence-corrected chi connectivity index (χ4v) is 2.85. The van der Waals surface area contributed by atoms with Gasteiger partial charge in [-0.1, -0.05) is 12.1 Å². The summed E-state index contributed by atoms with van der Waals surface area (Å²) in [5.74, 6) is 1.45. The van der Waals surface area contributed by atoms with E-state index >= 15 is 0 Å². The Balaban J connectivity index is 1.48. The van der Waals surface area contributed by atoms with E-state index in [0.29, 0.717) is 12.3 Å². The second-order valence-corrected chi connectivity index (χ2v) is 5.69. The zero-order valence-corrected chi connectivity index (χ0v) is 11.9. The highest BCUT2D eigenvalue weighted by Gasteiger charge is 2.16. The average Bonchev–Trinajstić information content (AvgIpc) is 3.13. The van der Waals surface area contributed by atoms with E-state index in [4.69, 9.17) is 9.47 Å². The Morgan fingerprint density at radius 2 is 2.15 bits per heavy atom. The van der Waals surface area contributed by atoms with Crippen molar-refractivity contribution in [2.24, 2.45) is 0 Å². The van der Waals surface area contributed by atoms with Crippen LogP contribution >= 0.6 is 11.3 Å². The molecule has 0 bridgehead atoms. The highest BCUT2D eigenvalue weighted by molar-refractivity contribution is 7.09. The molecule has 2 aromatic rings. The summed E-state index contributed by atoms with van der Waals surface area (Å²) >= 11 is 1.76. The van der Waals surface area contributed by atoms with Crippen LogP contribution in [0.5, 0.6) is 11.5 Å². The average molecular weight is 291 g/mol. The maximum Gasteiger partial charge on any atom is 0.231 e. The van der Waals surface area contributed by atoms with Gasteiger partial charge in [-0.2, -0.15) is 0 Å². The number of hydrogen-bond acceptors (Lipinski definition) is 5. The lowest BCUT2D eigenvalue weighted by atomic mass is 10.1. The number of ether oxygens (including phenoxy) is 2. The lowest BCUT2D eigenvalue weighted by Crippen LogP contribution is -2.23. The van der Waals surface area contributed by atoms with Crippen molar-refractivity contribution in [1.29, 1.82) is 0 Å². The predicted octanol–water partition coefficient (Wildman–Crippen LogP) is 2.34. The summed E-state index contributed by atoms with van der Waals surface area (Å²) in [5, 5.41) is 15.5. The maximum absolute atomic E-state index is 10.2. The van der Waals surface area contributed by atoms with Gasteiger partial charge in [0.15, 0.2) is 11.5 Å². The molecule has 1 aliphatic heterocycles. The van der Waals surface area contributed by atoms with Gasteiger partial charge in [0, 0.05) is 18.0 Å². The van der Waals surface area contributed by atoms with E-state index in [9.17, 15) is 5.11 Å². The largest absolute Gasteiger partial charge is 0.454 e. The summed E-state index contributed by atoms with van der Waals surface area (Å²) in [6.07, 6.45) is 0.457. The van der Waals surface area contributed by atoms with Crippen LogP contribution in [0.3, 0.4) is 0 Å². The van der Waals surface area contributed by atoms with Crippen LogP contribution < -0.4 is 14.8 Å². The normalized spacial score (nSPS) is 14.4. The molecule has 0 saturated heterocycles. The molecule has 1 aromatic heterocycles. The monoisotopic (exact) mass is 291 g/mol. The van der Waals surface area contributed by atoms with Crippen molar-refractivity contribution >= 4 is 11.3 Å². The SMILES string of the molecule is OC(CNCCc1cccs1)c1ccc2c(c1)OCO2. The Hall–Kier alpha value is -1.56. The third-order valence-corrected chi connectivity index (χ3v) is 4.18. The molecule has 20 heavy (non-hydrogen) atoms. The lowest BCUT2D eigenvalue weighted by molar-refractivity contribution is 0.170. The zero-order valence-electron chi connectivity index (χ0n) is 11.0. The van der Waals surface area contributed by atoms with Gasteiger partial charge in [-0.25, -0.2) is 0 Å².